The van der Waals surface area contributed by atoms with Gasteiger partial charge in [0.2, 0.25) is 5.91 Å². The van der Waals surface area contributed by atoms with Crippen molar-refractivity contribution in [3.05, 3.63) is 101 Å². The molecule has 0 spiro atoms. The average molecular weight is 402 g/mol. The van der Waals surface area contributed by atoms with Gasteiger partial charge in [-0.3, -0.25) is 9.59 Å². The van der Waals surface area contributed by atoms with Crippen LogP contribution in [0.25, 0.3) is 0 Å². The van der Waals surface area contributed by atoms with Crippen molar-refractivity contribution in [2.75, 3.05) is 6.61 Å². The molecule has 3 aromatic carbocycles. The van der Waals surface area contributed by atoms with Gasteiger partial charge in [0.05, 0.1) is 12.6 Å². The van der Waals surface area contributed by atoms with Crippen LogP contribution in [0, 0.1) is 0 Å². The molecule has 2 N–H and O–H groups in total. The molecule has 0 unspecified atom stereocenters. The first-order chi connectivity index (χ1) is 14.6. The maximum atomic E-state index is 12.9. The van der Waals surface area contributed by atoms with Crippen molar-refractivity contribution in [1.82, 2.24) is 10.6 Å². The molecule has 154 valence electrons. The molecule has 0 bridgehead atoms. The molecular weight excluding hydrogens is 376 g/mol. The molecule has 5 nitrogen and oxygen atoms in total. The third-order valence-corrected chi connectivity index (χ3v) is 4.69. The Kier molecular flexibility index (Phi) is 7.22. The molecule has 3 aromatic rings. The Morgan fingerprint density at radius 3 is 2.10 bits per heavy atom. The molecule has 2 amide bonds. The summed E-state index contributed by atoms with van der Waals surface area (Å²) in [6.45, 7) is 4.47. The lowest BCUT2D eigenvalue weighted by Crippen LogP contribution is -2.29. The fourth-order valence-electron chi connectivity index (χ4n) is 3.14. The summed E-state index contributed by atoms with van der Waals surface area (Å²) in [4.78, 5) is 24.0. The van der Waals surface area contributed by atoms with Crippen LogP contribution in [0.3, 0.4) is 0 Å². The Labute approximate surface area is 177 Å². The SMILES string of the molecule is CCOc1ccc([C@@H](NC(=O)c2ccc(CNC(C)=O)cc2)c2ccccc2)cc1. The summed E-state index contributed by atoms with van der Waals surface area (Å²) in [7, 11) is 0. The Morgan fingerprint density at radius 2 is 1.50 bits per heavy atom. The number of carbonyl (C=O) groups is 2. The third kappa shape index (κ3) is 5.70. The number of carbonyl (C=O) groups excluding carboxylic acids is 2. The lowest BCUT2D eigenvalue weighted by atomic mass is 9.98. The van der Waals surface area contributed by atoms with E-state index in [2.05, 4.69) is 10.6 Å². The van der Waals surface area contributed by atoms with Gasteiger partial charge in [-0.2, -0.15) is 0 Å². The van der Waals surface area contributed by atoms with E-state index in [9.17, 15) is 9.59 Å². The van der Waals surface area contributed by atoms with E-state index < -0.39 is 0 Å². The first-order valence-electron chi connectivity index (χ1n) is 9.98. The van der Waals surface area contributed by atoms with Gasteiger partial charge in [0.25, 0.3) is 5.91 Å². The van der Waals surface area contributed by atoms with Gasteiger partial charge in [0.15, 0.2) is 0 Å². The summed E-state index contributed by atoms with van der Waals surface area (Å²) in [6, 6.07) is 24.6. The molecule has 0 radical (unpaired) electrons. The zero-order valence-corrected chi connectivity index (χ0v) is 17.2. The van der Waals surface area contributed by atoms with E-state index in [-0.39, 0.29) is 17.9 Å². The number of hydrogen-bond donors (Lipinski definition) is 2. The lowest BCUT2D eigenvalue weighted by Gasteiger charge is -2.20. The highest BCUT2D eigenvalue weighted by atomic mass is 16.5. The minimum atomic E-state index is -0.284. The summed E-state index contributed by atoms with van der Waals surface area (Å²) in [5, 5.41) is 5.89. The molecule has 0 heterocycles. The van der Waals surface area contributed by atoms with Gasteiger partial charge in [-0.1, -0.05) is 54.6 Å². The normalized spacial score (nSPS) is 11.4. The van der Waals surface area contributed by atoms with Crippen molar-refractivity contribution in [2.45, 2.75) is 26.4 Å². The number of rotatable bonds is 8. The summed E-state index contributed by atoms with van der Waals surface area (Å²) in [5.74, 6) is 0.552. The first kappa shape index (κ1) is 21.1. The minimum absolute atomic E-state index is 0.0853. The quantitative estimate of drug-likeness (QED) is 0.592. The molecule has 0 saturated carbocycles. The van der Waals surface area contributed by atoms with Gasteiger partial charge in [0, 0.05) is 19.0 Å². The van der Waals surface area contributed by atoms with Crippen molar-refractivity contribution in [2.24, 2.45) is 0 Å². The van der Waals surface area contributed by atoms with Gasteiger partial charge in [-0.05, 0) is 47.9 Å². The van der Waals surface area contributed by atoms with Crippen LogP contribution in [0.5, 0.6) is 5.75 Å². The number of ether oxygens (including phenoxy) is 1. The van der Waals surface area contributed by atoms with E-state index in [1.807, 2.05) is 73.7 Å². The predicted octanol–water partition coefficient (Wildman–Crippen LogP) is 4.24. The molecular formula is C25H26N2O3. The summed E-state index contributed by atoms with van der Waals surface area (Å²) in [5.41, 5.74) is 3.47. The number of nitrogens with one attached hydrogen (secondary N) is 2. The molecule has 0 aliphatic rings. The molecule has 0 fully saturated rings. The van der Waals surface area contributed by atoms with Crippen LogP contribution in [0.2, 0.25) is 0 Å². The topological polar surface area (TPSA) is 67.4 Å². The summed E-state index contributed by atoms with van der Waals surface area (Å²) >= 11 is 0. The average Bonchev–Trinajstić information content (AvgIpc) is 2.78. The zero-order chi connectivity index (χ0) is 21.3. The molecule has 5 heteroatoms. The van der Waals surface area contributed by atoms with E-state index >= 15 is 0 Å². The highest BCUT2D eigenvalue weighted by molar-refractivity contribution is 5.94. The molecule has 0 saturated heterocycles. The minimum Gasteiger partial charge on any atom is -0.494 e. The lowest BCUT2D eigenvalue weighted by molar-refractivity contribution is -0.119. The number of benzene rings is 3. The Hall–Kier alpha value is -3.60. The van der Waals surface area contributed by atoms with Gasteiger partial charge in [-0.25, -0.2) is 0 Å². The van der Waals surface area contributed by atoms with Gasteiger partial charge in [-0.15, -0.1) is 0 Å². The second kappa shape index (κ2) is 10.3. The fraction of sp³-hybridized carbons (Fsp3) is 0.200. The van der Waals surface area contributed by atoms with Crippen LogP contribution < -0.4 is 15.4 Å². The molecule has 0 aromatic heterocycles. The van der Waals surface area contributed by atoms with Crippen molar-refractivity contribution >= 4 is 11.8 Å². The van der Waals surface area contributed by atoms with E-state index in [0.29, 0.717) is 18.7 Å². The maximum absolute atomic E-state index is 12.9. The number of amides is 2. The standard InChI is InChI=1S/C25H26N2O3/c1-3-30-23-15-13-21(14-16-23)24(20-7-5-4-6-8-20)27-25(29)22-11-9-19(10-12-22)17-26-18(2)28/h4-16,24H,3,17H2,1-2H3,(H,26,28)(H,27,29)/t24-/m0/s1. The van der Waals surface area contributed by atoms with E-state index in [0.717, 1.165) is 22.4 Å². The van der Waals surface area contributed by atoms with Crippen molar-refractivity contribution in [3.8, 4) is 5.75 Å². The second-order valence-electron chi connectivity index (χ2n) is 6.93. The Balaban J connectivity index is 1.79. The Bertz CT molecular complexity index is 968. The Morgan fingerprint density at radius 1 is 0.867 bits per heavy atom. The predicted molar refractivity (Wildman–Crippen MR) is 117 cm³/mol. The van der Waals surface area contributed by atoms with E-state index in [1.54, 1.807) is 12.1 Å². The molecule has 0 aliphatic heterocycles. The largest absolute Gasteiger partial charge is 0.494 e. The van der Waals surface area contributed by atoms with Crippen LogP contribution in [0.15, 0.2) is 78.9 Å². The molecule has 3 rings (SSSR count). The summed E-state index contributed by atoms with van der Waals surface area (Å²) < 4.78 is 5.53. The van der Waals surface area contributed by atoms with E-state index in [1.165, 1.54) is 6.92 Å². The monoisotopic (exact) mass is 402 g/mol. The first-order valence-corrected chi connectivity index (χ1v) is 9.98. The van der Waals surface area contributed by atoms with Gasteiger partial charge in [0.1, 0.15) is 5.75 Å². The smallest absolute Gasteiger partial charge is 0.252 e. The summed E-state index contributed by atoms with van der Waals surface area (Å²) in [6.07, 6.45) is 0. The van der Waals surface area contributed by atoms with E-state index in [4.69, 9.17) is 4.74 Å². The third-order valence-electron chi connectivity index (χ3n) is 4.69. The molecule has 30 heavy (non-hydrogen) atoms. The molecule has 0 aliphatic carbocycles. The zero-order valence-electron chi connectivity index (χ0n) is 17.2. The van der Waals surface area contributed by atoms with Crippen LogP contribution in [0.1, 0.15) is 46.9 Å². The van der Waals surface area contributed by atoms with Crippen LogP contribution in [-0.4, -0.2) is 18.4 Å². The second-order valence-corrected chi connectivity index (χ2v) is 6.93. The molecule has 1 atom stereocenters. The van der Waals surface area contributed by atoms with Crippen molar-refractivity contribution < 1.29 is 14.3 Å². The van der Waals surface area contributed by atoms with Crippen LogP contribution >= 0.6 is 0 Å². The van der Waals surface area contributed by atoms with Crippen molar-refractivity contribution in [1.29, 1.82) is 0 Å². The highest BCUT2D eigenvalue weighted by Gasteiger charge is 2.18. The highest BCUT2D eigenvalue weighted by Crippen LogP contribution is 2.25. The number of hydrogen-bond acceptors (Lipinski definition) is 3. The fourth-order valence-corrected chi connectivity index (χ4v) is 3.14. The van der Waals surface area contributed by atoms with Gasteiger partial charge >= 0.3 is 0 Å². The maximum Gasteiger partial charge on any atom is 0.252 e. The van der Waals surface area contributed by atoms with Crippen LogP contribution in [0.4, 0.5) is 0 Å². The van der Waals surface area contributed by atoms with Crippen molar-refractivity contribution in [3.63, 3.8) is 0 Å². The van der Waals surface area contributed by atoms with Gasteiger partial charge < -0.3 is 15.4 Å². The van der Waals surface area contributed by atoms with Crippen LogP contribution in [-0.2, 0) is 11.3 Å².